The number of methoxy groups -OCH3 is 1. The summed E-state index contributed by atoms with van der Waals surface area (Å²) in [7, 11) is 1.51. The average molecular weight is 656 g/mol. The lowest BCUT2D eigenvalue weighted by Crippen LogP contribution is -2.23. The number of benzene rings is 3. The number of carbonyl (C=O) groups excluding carboxylic acids is 1. The van der Waals surface area contributed by atoms with E-state index in [-0.39, 0.29) is 24.0 Å². The van der Waals surface area contributed by atoms with E-state index in [9.17, 15) is 9.59 Å². The van der Waals surface area contributed by atoms with E-state index in [1.807, 2.05) is 57.2 Å². The molecule has 8 nitrogen and oxygen atoms in total. The number of anilines is 1. The molecule has 1 atom stereocenters. The molecule has 0 fully saturated rings. The van der Waals surface area contributed by atoms with Crippen LogP contribution in [0.5, 0.6) is 11.5 Å². The molecule has 0 aliphatic carbocycles. The van der Waals surface area contributed by atoms with Gasteiger partial charge in [0.2, 0.25) is 0 Å². The molecule has 0 aliphatic rings. The minimum atomic E-state index is -0.295. The predicted molar refractivity (Wildman–Crippen MR) is 161 cm³/mol. The molecule has 202 valence electrons. The van der Waals surface area contributed by atoms with Crippen molar-refractivity contribution in [3.8, 4) is 11.5 Å². The first kappa shape index (κ1) is 28.5. The maximum absolute atomic E-state index is 13.4. The zero-order valence-electron chi connectivity index (χ0n) is 22.0. The summed E-state index contributed by atoms with van der Waals surface area (Å²) in [6.45, 7) is 5.77. The Kier molecular flexibility index (Phi) is 9.19. The Morgan fingerprint density at radius 2 is 1.95 bits per heavy atom. The average Bonchev–Trinajstić information content (AvgIpc) is 2.92. The van der Waals surface area contributed by atoms with Crippen LogP contribution in [0.2, 0.25) is 0 Å². The maximum atomic E-state index is 13.4. The fourth-order valence-corrected chi connectivity index (χ4v) is 4.83. The molecule has 0 saturated carbocycles. The van der Waals surface area contributed by atoms with E-state index in [1.165, 1.54) is 11.8 Å². The molecule has 39 heavy (non-hydrogen) atoms. The molecule has 0 saturated heterocycles. The molecule has 1 amide bonds. The van der Waals surface area contributed by atoms with E-state index in [4.69, 9.17) is 14.5 Å². The van der Waals surface area contributed by atoms with Gasteiger partial charge >= 0.3 is 0 Å². The van der Waals surface area contributed by atoms with Crippen molar-refractivity contribution < 1.29 is 14.3 Å². The van der Waals surface area contributed by atoms with Crippen LogP contribution in [0.1, 0.15) is 43.1 Å². The molecule has 3 aromatic carbocycles. The normalized spacial score (nSPS) is 12.1. The molecule has 0 bridgehead atoms. The van der Waals surface area contributed by atoms with E-state index in [0.29, 0.717) is 38.3 Å². The Balaban J connectivity index is 1.61. The van der Waals surface area contributed by atoms with E-state index < -0.39 is 0 Å². The monoisotopic (exact) mass is 654 g/mol. The highest BCUT2D eigenvalue weighted by molar-refractivity contribution is 9.10. The fraction of sp³-hybridized carbons (Fsp3) is 0.241. The maximum Gasteiger partial charge on any atom is 0.282 e. The van der Waals surface area contributed by atoms with E-state index in [0.717, 1.165) is 22.1 Å². The van der Waals surface area contributed by atoms with E-state index in [1.54, 1.807) is 24.4 Å². The molecule has 0 radical (unpaired) electrons. The second-order valence-electron chi connectivity index (χ2n) is 8.99. The molecule has 1 aromatic heterocycles. The molecule has 4 aromatic rings. The van der Waals surface area contributed by atoms with Gasteiger partial charge in [-0.15, -0.1) is 0 Å². The predicted octanol–water partition coefficient (Wildman–Crippen LogP) is 6.65. The van der Waals surface area contributed by atoms with Crippen LogP contribution in [0.3, 0.4) is 0 Å². The highest BCUT2D eigenvalue weighted by atomic mass is 79.9. The number of aryl methyl sites for hydroxylation is 1. The van der Waals surface area contributed by atoms with Crippen LogP contribution >= 0.6 is 31.9 Å². The summed E-state index contributed by atoms with van der Waals surface area (Å²) < 4.78 is 14.0. The van der Waals surface area contributed by atoms with Crippen molar-refractivity contribution in [3.63, 3.8) is 0 Å². The number of ether oxygens (including phenoxy) is 2. The summed E-state index contributed by atoms with van der Waals surface area (Å²) in [5, 5.41) is 7.84. The number of rotatable bonds is 9. The largest absolute Gasteiger partial charge is 0.493 e. The van der Waals surface area contributed by atoms with Crippen LogP contribution in [0.25, 0.3) is 10.9 Å². The summed E-state index contributed by atoms with van der Waals surface area (Å²) in [4.78, 5) is 30.6. The van der Waals surface area contributed by atoms with Crippen molar-refractivity contribution in [2.45, 2.75) is 33.1 Å². The number of para-hydroxylation sites is 1. The number of amides is 1. The van der Waals surface area contributed by atoms with Crippen molar-refractivity contribution in [2.75, 3.05) is 19.0 Å². The Bertz CT molecular complexity index is 1620. The number of nitrogens with zero attached hydrogens (tertiary/aromatic N) is 3. The molecule has 0 aliphatic heterocycles. The standard InChI is InChI=1S/C29H28Br2N4O4/c1-5-17(2)28-34-24-11-10-20(30)14-21(24)29(37)35(28)32-15-19-12-22(31)27(25(13-19)38-4)39-16-26(36)33-23-9-7-6-8-18(23)3/h6-15,17H,5,16H2,1-4H3,(H,33,36)/t17-/m0/s1. The molecular weight excluding hydrogens is 628 g/mol. The van der Waals surface area contributed by atoms with Gasteiger partial charge in [-0.25, -0.2) is 4.98 Å². The van der Waals surface area contributed by atoms with Gasteiger partial charge in [0.1, 0.15) is 5.82 Å². The highest BCUT2D eigenvalue weighted by Gasteiger charge is 2.17. The van der Waals surface area contributed by atoms with Crippen molar-refractivity contribution in [2.24, 2.45) is 5.10 Å². The van der Waals surface area contributed by atoms with Crippen molar-refractivity contribution in [1.29, 1.82) is 0 Å². The van der Waals surface area contributed by atoms with Gasteiger partial charge in [0.05, 0.1) is 28.7 Å². The van der Waals surface area contributed by atoms with E-state index >= 15 is 0 Å². The minimum absolute atomic E-state index is 0.0192. The number of hydrogen-bond acceptors (Lipinski definition) is 6. The summed E-state index contributed by atoms with van der Waals surface area (Å²) in [5.74, 6) is 1.09. The number of nitrogens with one attached hydrogen (secondary N) is 1. The Morgan fingerprint density at radius 1 is 1.18 bits per heavy atom. The first-order valence-corrected chi connectivity index (χ1v) is 13.9. The lowest BCUT2D eigenvalue weighted by atomic mass is 10.1. The molecule has 4 rings (SSSR count). The van der Waals surface area contributed by atoms with Crippen molar-refractivity contribution in [1.82, 2.24) is 9.66 Å². The quantitative estimate of drug-likeness (QED) is 0.204. The first-order chi connectivity index (χ1) is 18.7. The van der Waals surface area contributed by atoms with Gasteiger partial charge in [-0.2, -0.15) is 9.78 Å². The molecule has 0 spiro atoms. The number of fused-ring (bicyclic) bond motifs is 1. The third kappa shape index (κ3) is 6.57. The van der Waals surface area contributed by atoms with Crippen LogP contribution in [0.15, 0.2) is 73.4 Å². The summed E-state index contributed by atoms with van der Waals surface area (Å²) in [6, 6.07) is 16.5. The van der Waals surface area contributed by atoms with Crippen molar-refractivity contribution >= 4 is 60.6 Å². The third-order valence-electron chi connectivity index (χ3n) is 6.23. The number of carbonyl (C=O) groups is 1. The minimum Gasteiger partial charge on any atom is -0.493 e. The Hall–Kier alpha value is -3.50. The molecule has 1 heterocycles. The summed E-state index contributed by atoms with van der Waals surface area (Å²) in [5.41, 5.74) is 2.72. The van der Waals surface area contributed by atoms with Gasteiger partial charge in [0, 0.05) is 16.1 Å². The number of halogens is 2. The molecule has 10 heteroatoms. The van der Waals surface area contributed by atoms with Gasteiger partial charge in [-0.05, 0) is 76.8 Å². The lowest BCUT2D eigenvalue weighted by Gasteiger charge is -2.15. The zero-order valence-corrected chi connectivity index (χ0v) is 25.2. The van der Waals surface area contributed by atoms with Crippen LogP contribution in [-0.4, -0.2) is 35.5 Å². The van der Waals surface area contributed by atoms with E-state index in [2.05, 4.69) is 42.3 Å². The SMILES string of the molecule is CC[C@H](C)c1nc2ccc(Br)cc2c(=O)n1N=Cc1cc(Br)c(OCC(=O)Nc2ccccc2C)c(OC)c1. The van der Waals surface area contributed by atoms with Crippen molar-refractivity contribution in [3.05, 3.63) is 90.8 Å². The second-order valence-corrected chi connectivity index (χ2v) is 10.8. The van der Waals surface area contributed by atoms with Crippen LogP contribution in [-0.2, 0) is 4.79 Å². The Labute approximate surface area is 243 Å². The highest BCUT2D eigenvalue weighted by Crippen LogP contribution is 2.36. The zero-order chi connectivity index (χ0) is 28.1. The first-order valence-electron chi connectivity index (χ1n) is 12.3. The molecule has 0 unspecified atom stereocenters. The van der Waals surface area contributed by atoms with Gasteiger partial charge in [-0.1, -0.05) is 48.0 Å². The van der Waals surface area contributed by atoms with Gasteiger partial charge in [-0.3, -0.25) is 9.59 Å². The third-order valence-corrected chi connectivity index (χ3v) is 7.31. The lowest BCUT2D eigenvalue weighted by molar-refractivity contribution is -0.118. The number of aromatic nitrogens is 2. The molecule has 1 N–H and O–H groups in total. The van der Waals surface area contributed by atoms with Gasteiger partial charge < -0.3 is 14.8 Å². The smallest absolute Gasteiger partial charge is 0.282 e. The topological polar surface area (TPSA) is 94.8 Å². The summed E-state index contributed by atoms with van der Waals surface area (Å²) >= 11 is 6.94. The second kappa shape index (κ2) is 12.6. The Morgan fingerprint density at radius 3 is 2.67 bits per heavy atom. The number of hydrogen-bond donors (Lipinski definition) is 1. The molecular formula is C29H28Br2N4O4. The van der Waals surface area contributed by atoms with Crippen LogP contribution in [0.4, 0.5) is 5.69 Å². The fourth-order valence-electron chi connectivity index (χ4n) is 3.90. The van der Waals surface area contributed by atoms with Crippen LogP contribution in [0, 0.1) is 6.92 Å². The van der Waals surface area contributed by atoms with Gasteiger partial charge in [0.25, 0.3) is 11.5 Å². The van der Waals surface area contributed by atoms with Gasteiger partial charge in [0.15, 0.2) is 18.1 Å². The van der Waals surface area contributed by atoms with Crippen LogP contribution < -0.4 is 20.3 Å². The summed E-state index contributed by atoms with van der Waals surface area (Å²) in [6.07, 6.45) is 2.37.